The molecule has 2 heterocycles. The molecule has 0 aliphatic heterocycles. The Kier molecular flexibility index (Phi) is 4.96. The van der Waals surface area contributed by atoms with Gasteiger partial charge in [0.1, 0.15) is 11.0 Å². The Hall–Kier alpha value is -1.46. The van der Waals surface area contributed by atoms with Gasteiger partial charge in [-0.2, -0.15) is 0 Å². The van der Waals surface area contributed by atoms with Crippen LogP contribution in [0.5, 0.6) is 0 Å². The molecular weight excluding hydrogens is 354 g/mol. The lowest BCUT2D eigenvalue weighted by Gasteiger charge is -2.10. The number of aryl methyl sites for hydroxylation is 1. The highest BCUT2D eigenvalue weighted by molar-refractivity contribution is 9.10. The van der Waals surface area contributed by atoms with Crippen LogP contribution in [0.3, 0.4) is 0 Å². The van der Waals surface area contributed by atoms with E-state index in [2.05, 4.69) is 31.2 Å². The SMILES string of the molecule is Cc1cc(Br)cnc1NC(=O)c1cc(Cl)nc(C(C)C)c1. The molecule has 1 amide bonds. The molecule has 110 valence electrons. The summed E-state index contributed by atoms with van der Waals surface area (Å²) in [4.78, 5) is 20.7. The Morgan fingerprint density at radius 3 is 2.67 bits per heavy atom. The summed E-state index contributed by atoms with van der Waals surface area (Å²) in [6, 6.07) is 5.19. The van der Waals surface area contributed by atoms with Gasteiger partial charge in [-0.15, -0.1) is 0 Å². The van der Waals surface area contributed by atoms with Crippen LogP contribution in [-0.4, -0.2) is 15.9 Å². The quantitative estimate of drug-likeness (QED) is 0.807. The Balaban J connectivity index is 2.28. The topological polar surface area (TPSA) is 54.9 Å². The van der Waals surface area contributed by atoms with Crippen LogP contribution >= 0.6 is 27.5 Å². The van der Waals surface area contributed by atoms with Gasteiger partial charge in [0.2, 0.25) is 0 Å². The molecule has 6 heteroatoms. The molecule has 2 aromatic rings. The Morgan fingerprint density at radius 1 is 1.33 bits per heavy atom. The van der Waals surface area contributed by atoms with Crippen molar-refractivity contribution in [1.82, 2.24) is 9.97 Å². The van der Waals surface area contributed by atoms with Crippen molar-refractivity contribution >= 4 is 39.3 Å². The molecule has 0 bridgehead atoms. The molecule has 1 N–H and O–H groups in total. The zero-order valence-corrected chi connectivity index (χ0v) is 14.3. The zero-order chi connectivity index (χ0) is 15.6. The molecular formula is C15H15BrClN3O. The summed E-state index contributed by atoms with van der Waals surface area (Å²) in [6.07, 6.45) is 1.64. The Morgan fingerprint density at radius 2 is 2.05 bits per heavy atom. The summed E-state index contributed by atoms with van der Waals surface area (Å²) in [5, 5.41) is 3.10. The van der Waals surface area contributed by atoms with E-state index in [1.54, 1.807) is 18.3 Å². The van der Waals surface area contributed by atoms with E-state index in [-0.39, 0.29) is 11.8 Å². The Labute approximate surface area is 137 Å². The first kappa shape index (κ1) is 15.9. The van der Waals surface area contributed by atoms with Gasteiger partial charge in [-0.1, -0.05) is 25.4 Å². The van der Waals surface area contributed by atoms with Crippen molar-refractivity contribution in [1.29, 1.82) is 0 Å². The van der Waals surface area contributed by atoms with Crippen molar-refractivity contribution in [3.63, 3.8) is 0 Å². The minimum Gasteiger partial charge on any atom is -0.306 e. The monoisotopic (exact) mass is 367 g/mol. The maximum atomic E-state index is 12.3. The van der Waals surface area contributed by atoms with Crippen LogP contribution < -0.4 is 5.32 Å². The number of anilines is 1. The number of aromatic nitrogens is 2. The van der Waals surface area contributed by atoms with Gasteiger partial charge in [-0.3, -0.25) is 4.79 Å². The summed E-state index contributed by atoms with van der Waals surface area (Å²) in [5.41, 5.74) is 2.14. The van der Waals surface area contributed by atoms with E-state index in [4.69, 9.17) is 11.6 Å². The molecule has 2 aromatic heterocycles. The van der Waals surface area contributed by atoms with Crippen molar-refractivity contribution in [3.05, 3.63) is 50.8 Å². The van der Waals surface area contributed by atoms with Gasteiger partial charge in [0.15, 0.2) is 0 Å². The van der Waals surface area contributed by atoms with Gasteiger partial charge in [0, 0.05) is 21.9 Å². The van der Waals surface area contributed by atoms with Crippen LogP contribution in [0.2, 0.25) is 5.15 Å². The molecule has 0 aliphatic rings. The molecule has 0 saturated heterocycles. The summed E-state index contributed by atoms with van der Waals surface area (Å²) < 4.78 is 0.868. The maximum absolute atomic E-state index is 12.3. The van der Waals surface area contributed by atoms with Gasteiger partial charge in [0.05, 0.1) is 0 Å². The van der Waals surface area contributed by atoms with Crippen molar-refractivity contribution in [2.24, 2.45) is 0 Å². The average Bonchev–Trinajstić information content (AvgIpc) is 2.41. The normalized spacial score (nSPS) is 10.8. The molecule has 0 unspecified atom stereocenters. The van der Waals surface area contributed by atoms with Crippen molar-refractivity contribution in [2.45, 2.75) is 26.7 Å². The van der Waals surface area contributed by atoms with E-state index in [1.807, 2.05) is 26.8 Å². The molecule has 21 heavy (non-hydrogen) atoms. The number of nitrogens with one attached hydrogen (secondary N) is 1. The number of amides is 1. The fourth-order valence-corrected chi connectivity index (χ4v) is 2.46. The minimum absolute atomic E-state index is 0.197. The van der Waals surface area contributed by atoms with E-state index >= 15 is 0 Å². The van der Waals surface area contributed by atoms with Gasteiger partial charge >= 0.3 is 0 Å². The fourth-order valence-electron chi connectivity index (χ4n) is 1.80. The highest BCUT2D eigenvalue weighted by atomic mass is 79.9. The predicted octanol–water partition coefficient (Wildman–Crippen LogP) is 4.58. The average molecular weight is 369 g/mol. The lowest BCUT2D eigenvalue weighted by atomic mass is 10.1. The second-order valence-electron chi connectivity index (χ2n) is 5.03. The van der Waals surface area contributed by atoms with E-state index in [1.165, 1.54) is 0 Å². The molecule has 0 spiro atoms. The lowest BCUT2D eigenvalue weighted by molar-refractivity contribution is 0.102. The van der Waals surface area contributed by atoms with Crippen LogP contribution in [0, 0.1) is 6.92 Å². The molecule has 2 rings (SSSR count). The number of carbonyl (C=O) groups is 1. The number of rotatable bonds is 3. The van der Waals surface area contributed by atoms with Crippen LogP contribution in [0.25, 0.3) is 0 Å². The van der Waals surface area contributed by atoms with Gasteiger partial charge in [-0.05, 0) is 52.5 Å². The van der Waals surface area contributed by atoms with Crippen molar-refractivity contribution in [3.8, 4) is 0 Å². The third kappa shape index (κ3) is 4.02. The first-order chi connectivity index (χ1) is 9.86. The molecule has 4 nitrogen and oxygen atoms in total. The molecule has 0 aliphatic carbocycles. The van der Waals surface area contributed by atoms with Crippen LogP contribution in [0.4, 0.5) is 5.82 Å². The summed E-state index contributed by atoms with van der Waals surface area (Å²) in [6.45, 7) is 5.88. The second kappa shape index (κ2) is 6.54. The predicted molar refractivity (Wildman–Crippen MR) is 88.0 cm³/mol. The minimum atomic E-state index is -0.251. The molecule has 0 radical (unpaired) electrons. The third-order valence-electron chi connectivity index (χ3n) is 2.94. The summed E-state index contributed by atoms with van der Waals surface area (Å²) in [5.74, 6) is 0.476. The molecule has 0 fully saturated rings. The van der Waals surface area contributed by atoms with Crippen LogP contribution in [0.15, 0.2) is 28.9 Å². The largest absolute Gasteiger partial charge is 0.306 e. The maximum Gasteiger partial charge on any atom is 0.256 e. The number of hydrogen-bond acceptors (Lipinski definition) is 3. The highest BCUT2D eigenvalue weighted by Crippen LogP contribution is 2.20. The van der Waals surface area contributed by atoms with E-state index < -0.39 is 0 Å². The smallest absolute Gasteiger partial charge is 0.256 e. The van der Waals surface area contributed by atoms with E-state index in [0.29, 0.717) is 16.5 Å². The zero-order valence-electron chi connectivity index (χ0n) is 11.9. The summed E-state index contributed by atoms with van der Waals surface area (Å²) in [7, 11) is 0. The molecule has 0 atom stereocenters. The number of pyridine rings is 2. The van der Waals surface area contributed by atoms with Gasteiger partial charge < -0.3 is 5.32 Å². The third-order valence-corrected chi connectivity index (χ3v) is 3.57. The number of nitrogens with zero attached hydrogens (tertiary/aromatic N) is 2. The van der Waals surface area contributed by atoms with Crippen LogP contribution in [-0.2, 0) is 0 Å². The number of hydrogen-bond donors (Lipinski definition) is 1. The number of halogens is 2. The summed E-state index contributed by atoms with van der Waals surface area (Å²) >= 11 is 9.32. The van der Waals surface area contributed by atoms with Crippen molar-refractivity contribution < 1.29 is 4.79 Å². The first-order valence-electron chi connectivity index (χ1n) is 6.48. The van der Waals surface area contributed by atoms with Crippen molar-refractivity contribution in [2.75, 3.05) is 5.32 Å². The van der Waals surface area contributed by atoms with Crippen LogP contribution in [0.1, 0.15) is 41.4 Å². The Bertz CT molecular complexity index is 689. The number of carbonyl (C=O) groups excluding carboxylic acids is 1. The molecule has 0 saturated carbocycles. The lowest BCUT2D eigenvalue weighted by Crippen LogP contribution is -2.15. The molecule has 0 aromatic carbocycles. The standard InChI is InChI=1S/C15H15BrClN3O/c1-8(2)12-5-10(6-13(17)19-12)15(21)20-14-9(3)4-11(16)7-18-14/h4-8H,1-3H3,(H,18,20,21). The van der Waals surface area contributed by atoms with Gasteiger partial charge in [0.25, 0.3) is 5.91 Å². The second-order valence-corrected chi connectivity index (χ2v) is 6.33. The highest BCUT2D eigenvalue weighted by Gasteiger charge is 2.13. The first-order valence-corrected chi connectivity index (χ1v) is 7.65. The fraction of sp³-hybridized carbons (Fsp3) is 0.267. The van der Waals surface area contributed by atoms with E-state index in [9.17, 15) is 4.79 Å². The van der Waals surface area contributed by atoms with E-state index in [0.717, 1.165) is 15.7 Å². The van der Waals surface area contributed by atoms with Gasteiger partial charge in [-0.25, -0.2) is 9.97 Å².